The summed E-state index contributed by atoms with van der Waals surface area (Å²) < 4.78 is 25.6. The van der Waals surface area contributed by atoms with Gasteiger partial charge < -0.3 is 10.6 Å². The summed E-state index contributed by atoms with van der Waals surface area (Å²) in [5, 5.41) is 0.0741. The third-order valence-corrected chi connectivity index (χ3v) is 7.44. The molecule has 10 heteroatoms. The van der Waals surface area contributed by atoms with Gasteiger partial charge in [0.25, 0.3) is 5.91 Å². The fourth-order valence-electron chi connectivity index (χ4n) is 3.30. The van der Waals surface area contributed by atoms with Gasteiger partial charge in [-0.2, -0.15) is 0 Å². The lowest BCUT2D eigenvalue weighted by Gasteiger charge is -2.30. The van der Waals surface area contributed by atoms with Crippen LogP contribution in [0.3, 0.4) is 0 Å². The zero-order valence-corrected chi connectivity index (χ0v) is 17.7. The molecule has 3 rings (SSSR count). The molecule has 2 amide bonds. The third kappa shape index (κ3) is 4.88. The van der Waals surface area contributed by atoms with Crippen molar-refractivity contribution in [3.8, 4) is 0 Å². The van der Waals surface area contributed by atoms with Crippen molar-refractivity contribution in [2.75, 3.05) is 13.1 Å². The summed E-state index contributed by atoms with van der Waals surface area (Å²) in [5.74, 6) is -1.25. The maximum Gasteiger partial charge on any atom is 0.255 e. The fraction of sp³-hybridized carbons (Fsp3) is 0.316. The van der Waals surface area contributed by atoms with Crippen LogP contribution in [0.1, 0.15) is 28.8 Å². The summed E-state index contributed by atoms with van der Waals surface area (Å²) in [6.07, 6.45) is 3.79. The van der Waals surface area contributed by atoms with Crippen LogP contribution in [-0.4, -0.2) is 43.2 Å². The fourth-order valence-corrected chi connectivity index (χ4v) is 5.88. The molecule has 1 aliphatic rings. The molecule has 0 spiro atoms. The smallest absolute Gasteiger partial charge is 0.255 e. The molecule has 2 heterocycles. The number of likely N-dealkylation sites (tertiary alicyclic amines) is 1. The molecule has 0 aliphatic carbocycles. The van der Waals surface area contributed by atoms with Crippen LogP contribution in [0.2, 0.25) is 10.0 Å². The van der Waals surface area contributed by atoms with E-state index in [4.69, 9.17) is 28.9 Å². The van der Waals surface area contributed by atoms with E-state index < -0.39 is 15.6 Å². The maximum atomic E-state index is 12.8. The van der Waals surface area contributed by atoms with Crippen LogP contribution >= 0.6 is 23.2 Å². The Kier molecular flexibility index (Phi) is 6.45. The number of nitrogens with two attached hydrogens (primary N) is 1. The normalized spacial score (nSPS) is 15.3. The highest BCUT2D eigenvalue weighted by Gasteiger charge is 2.27. The molecule has 0 unspecified atom stereocenters. The van der Waals surface area contributed by atoms with Gasteiger partial charge in [-0.3, -0.25) is 14.6 Å². The summed E-state index contributed by atoms with van der Waals surface area (Å²) >= 11 is 12.0. The number of hydrogen-bond donors (Lipinski definition) is 1. The summed E-state index contributed by atoms with van der Waals surface area (Å²) in [4.78, 5) is 29.5. The van der Waals surface area contributed by atoms with Crippen molar-refractivity contribution in [2.24, 2.45) is 11.7 Å². The zero-order valence-electron chi connectivity index (χ0n) is 15.3. The van der Waals surface area contributed by atoms with Crippen LogP contribution in [0, 0.1) is 5.92 Å². The standard InChI is InChI=1S/C19H19Cl2N3O4S/c20-15-2-1-3-16(21)17(15)29(27,28)11-12-8-14(10-23-9-12)19(26)24-6-4-13(5-7-24)18(22)25/h1-3,8-10,13H,4-7,11H2,(H2,22,25). The summed E-state index contributed by atoms with van der Waals surface area (Å²) in [7, 11) is -3.84. The molecule has 2 N–H and O–H groups in total. The Morgan fingerprint density at radius 2 is 1.76 bits per heavy atom. The van der Waals surface area contributed by atoms with E-state index in [1.54, 1.807) is 11.0 Å². The van der Waals surface area contributed by atoms with Crippen molar-refractivity contribution in [1.82, 2.24) is 9.88 Å². The van der Waals surface area contributed by atoms with Crippen molar-refractivity contribution < 1.29 is 18.0 Å². The van der Waals surface area contributed by atoms with Gasteiger partial charge >= 0.3 is 0 Å². The number of primary amides is 1. The molecule has 1 fully saturated rings. The number of rotatable bonds is 5. The lowest BCUT2D eigenvalue weighted by molar-refractivity contribution is -0.123. The number of amides is 2. The molecule has 1 aromatic heterocycles. The summed E-state index contributed by atoms with van der Waals surface area (Å²) in [5.41, 5.74) is 5.94. The van der Waals surface area contributed by atoms with E-state index in [9.17, 15) is 18.0 Å². The first-order valence-corrected chi connectivity index (χ1v) is 11.3. The molecule has 2 aromatic rings. The number of piperidine rings is 1. The number of benzene rings is 1. The van der Waals surface area contributed by atoms with E-state index in [0.717, 1.165) is 0 Å². The van der Waals surface area contributed by atoms with Crippen molar-refractivity contribution in [3.63, 3.8) is 0 Å². The van der Waals surface area contributed by atoms with Crippen LogP contribution in [0.4, 0.5) is 0 Å². The number of aromatic nitrogens is 1. The van der Waals surface area contributed by atoms with Gasteiger partial charge in [-0.25, -0.2) is 8.42 Å². The Labute approximate surface area is 178 Å². The predicted octanol–water partition coefficient (Wildman–Crippen LogP) is 2.70. The Balaban J connectivity index is 1.78. The highest BCUT2D eigenvalue weighted by atomic mass is 35.5. The molecule has 0 atom stereocenters. The van der Waals surface area contributed by atoms with Crippen LogP contribution in [0.15, 0.2) is 41.6 Å². The summed E-state index contributed by atoms with van der Waals surface area (Å²) in [6.45, 7) is 0.814. The average molecular weight is 456 g/mol. The van der Waals surface area contributed by atoms with Gasteiger partial charge in [-0.05, 0) is 36.6 Å². The van der Waals surface area contributed by atoms with E-state index in [-0.39, 0.29) is 38.2 Å². The largest absolute Gasteiger partial charge is 0.369 e. The Morgan fingerprint density at radius 1 is 1.14 bits per heavy atom. The van der Waals surface area contributed by atoms with Gasteiger partial charge in [0.1, 0.15) is 4.90 Å². The monoisotopic (exact) mass is 455 g/mol. The summed E-state index contributed by atoms with van der Waals surface area (Å²) in [6, 6.07) is 5.96. The Hall–Kier alpha value is -2.16. The first-order valence-electron chi connectivity index (χ1n) is 8.88. The second kappa shape index (κ2) is 8.69. The van der Waals surface area contributed by atoms with Crippen LogP contribution < -0.4 is 5.73 Å². The first-order chi connectivity index (χ1) is 13.7. The van der Waals surface area contributed by atoms with Crippen molar-refractivity contribution in [2.45, 2.75) is 23.5 Å². The lowest BCUT2D eigenvalue weighted by atomic mass is 9.96. The van der Waals surface area contributed by atoms with Crippen molar-refractivity contribution >= 4 is 44.9 Å². The van der Waals surface area contributed by atoms with Gasteiger partial charge in [0, 0.05) is 31.4 Å². The second-order valence-corrected chi connectivity index (χ2v) is 9.60. The number of hydrogen-bond acceptors (Lipinski definition) is 5. The zero-order chi connectivity index (χ0) is 21.2. The quantitative estimate of drug-likeness (QED) is 0.744. The van der Waals surface area contributed by atoms with Crippen LogP contribution in [0.5, 0.6) is 0 Å². The lowest BCUT2D eigenvalue weighted by Crippen LogP contribution is -2.41. The minimum atomic E-state index is -3.84. The Bertz CT molecular complexity index is 1030. The van der Waals surface area contributed by atoms with E-state index >= 15 is 0 Å². The van der Waals surface area contributed by atoms with Gasteiger partial charge in [-0.1, -0.05) is 29.3 Å². The first kappa shape index (κ1) is 21.5. The van der Waals surface area contributed by atoms with E-state index in [0.29, 0.717) is 31.5 Å². The molecule has 154 valence electrons. The molecule has 7 nitrogen and oxygen atoms in total. The Morgan fingerprint density at radius 3 is 2.34 bits per heavy atom. The maximum absolute atomic E-state index is 12.8. The highest BCUT2D eigenvalue weighted by molar-refractivity contribution is 7.90. The highest BCUT2D eigenvalue weighted by Crippen LogP contribution is 2.31. The van der Waals surface area contributed by atoms with E-state index in [1.165, 1.54) is 30.6 Å². The SMILES string of the molecule is NC(=O)C1CCN(C(=O)c2cncc(CS(=O)(=O)c3c(Cl)cccc3Cl)c2)CC1. The van der Waals surface area contributed by atoms with Gasteiger partial charge in [0.15, 0.2) is 9.84 Å². The molecule has 1 saturated heterocycles. The van der Waals surface area contributed by atoms with E-state index in [1.807, 2.05) is 0 Å². The number of halogens is 2. The van der Waals surface area contributed by atoms with Crippen molar-refractivity contribution in [1.29, 1.82) is 0 Å². The molecule has 1 aliphatic heterocycles. The molecule has 29 heavy (non-hydrogen) atoms. The number of carbonyl (C=O) groups is 2. The van der Waals surface area contributed by atoms with Crippen LogP contribution in [-0.2, 0) is 20.4 Å². The molecule has 0 bridgehead atoms. The number of nitrogens with zero attached hydrogens (tertiary/aromatic N) is 2. The molecule has 0 saturated carbocycles. The predicted molar refractivity (Wildman–Crippen MR) is 109 cm³/mol. The second-order valence-electron chi connectivity index (χ2n) is 6.86. The molecule has 0 radical (unpaired) electrons. The average Bonchev–Trinajstić information content (AvgIpc) is 2.67. The third-order valence-electron chi connectivity index (χ3n) is 4.81. The molecular weight excluding hydrogens is 437 g/mol. The number of carbonyl (C=O) groups excluding carboxylic acids is 2. The minimum absolute atomic E-state index is 0.0370. The van der Waals surface area contributed by atoms with Crippen molar-refractivity contribution in [3.05, 3.63) is 57.8 Å². The van der Waals surface area contributed by atoms with Gasteiger partial charge in [0.05, 0.1) is 21.4 Å². The topological polar surface area (TPSA) is 110 Å². The van der Waals surface area contributed by atoms with Crippen LogP contribution in [0.25, 0.3) is 0 Å². The molecule has 1 aromatic carbocycles. The van der Waals surface area contributed by atoms with E-state index in [2.05, 4.69) is 4.98 Å². The minimum Gasteiger partial charge on any atom is -0.369 e. The molecular formula is C19H19Cl2N3O4S. The number of sulfone groups is 1. The number of pyridine rings is 1. The van der Waals surface area contributed by atoms with Gasteiger partial charge in [-0.15, -0.1) is 0 Å². The van der Waals surface area contributed by atoms with Gasteiger partial charge in [0.2, 0.25) is 5.91 Å².